The van der Waals surface area contributed by atoms with Crippen LogP contribution in [0.25, 0.3) is 11.3 Å². The Morgan fingerprint density at radius 2 is 2.17 bits per heavy atom. The molecule has 18 heavy (non-hydrogen) atoms. The van der Waals surface area contributed by atoms with Gasteiger partial charge in [-0.25, -0.2) is 13.4 Å². The number of aromatic amines is 1. The van der Waals surface area contributed by atoms with Crippen LogP contribution in [0.1, 0.15) is 12.0 Å². The third-order valence-corrected chi connectivity index (χ3v) is 5.41. The number of hydrogen-bond donors (Lipinski definition) is 1. The minimum absolute atomic E-state index is 0.259. The van der Waals surface area contributed by atoms with E-state index in [2.05, 4.69) is 25.9 Å². The molecular weight excluding hydrogens is 316 g/mol. The van der Waals surface area contributed by atoms with Gasteiger partial charge in [0.2, 0.25) is 0 Å². The molecule has 2 heterocycles. The van der Waals surface area contributed by atoms with Crippen LogP contribution in [0.4, 0.5) is 0 Å². The number of sulfone groups is 1. The molecule has 0 amide bonds. The number of fused-ring (bicyclic) bond motifs is 1. The number of halogens is 1. The molecule has 0 saturated heterocycles. The molecule has 4 nitrogen and oxygen atoms in total. The summed E-state index contributed by atoms with van der Waals surface area (Å²) in [7, 11) is -3.07. The molecule has 0 aliphatic carbocycles. The first kappa shape index (κ1) is 11.9. The standard InChI is InChI=1S/C12H11BrN2O2S/c13-12-14-7-10(15-12)8-3-4-11-9(6-8)2-1-5-18(11,16)17/h3-4,6-7H,1-2,5H2,(H,14,15). The lowest BCUT2D eigenvalue weighted by molar-refractivity contribution is 0.586. The van der Waals surface area contributed by atoms with Gasteiger partial charge in [-0.2, -0.15) is 0 Å². The summed E-state index contributed by atoms with van der Waals surface area (Å²) in [6.07, 6.45) is 3.24. The molecule has 3 rings (SSSR count). The monoisotopic (exact) mass is 326 g/mol. The van der Waals surface area contributed by atoms with Crippen molar-refractivity contribution >= 4 is 25.8 Å². The van der Waals surface area contributed by atoms with Crippen LogP contribution in [-0.2, 0) is 16.3 Å². The van der Waals surface area contributed by atoms with Crippen molar-refractivity contribution in [1.82, 2.24) is 9.97 Å². The fraction of sp³-hybridized carbons (Fsp3) is 0.250. The smallest absolute Gasteiger partial charge is 0.178 e. The highest BCUT2D eigenvalue weighted by Crippen LogP contribution is 2.29. The van der Waals surface area contributed by atoms with Crippen molar-refractivity contribution in [3.8, 4) is 11.3 Å². The van der Waals surface area contributed by atoms with Crippen molar-refractivity contribution in [2.24, 2.45) is 0 Å². The van der Waals surface area contributed by atoms with E-state index in [1.54, 1.807) is 12.3 Å². The third kappa shape index (κ3) is 1.99. The summed E-state index contributed by atoms with van der Waals surface area (Å²) in [6, 6.07) is 5.46. The zero-order chi connectivity index (χ0) is 12.8. The lowest BCUT2D eigenvalue weighted by atomic mass is 10.0. The van der Waals surface area contributed by atoms with Crippen molar-refractivity contribution < 1.29 is 8.42 Å². The van der Waals surface area contributed by atoms with Crippen LogP contribution in [0, 0.1) is 0 Å². The van der Waals surface area contributed by atoms with Gasteiger partial charge in [0.1, 0.15) is 0 Å². The van der Waals surface area contributed by atoms with Crippen LogP contribution in [0.2, 0.25) is 0 Å². The fourth-order valence-electron chi connectivity index (χ4n) is 2.25. The normalized spacial score (nSPS) is 17.4. The summed E-state index contributed by atoms with van der Waals surface area (Å²) in [5, 5.41) is 0. The highest BCUT2D eigenvalue weighted by molar-refractivity contribution is 9.10. The minimum atomic E-state index is -3.07. The van der Waals surface area contributed by atoms with Gasteiger partial charge in [0.15, 0.2) is 14.6 Å². The molecule has 0 saturated carbocycles. The zero-order valence-electron chi connectivity index (χ0n) is 9.48. The van der Waals surface area contributed by atoms with E-state index >= 15 is 0 Å². The second-order valence-corrected chi connectivity index (χ2v) is 7.16. The van der Waals surface area contributed by atoms with Crippen LogP contribution < -0.4 is 0 Å². The second-order valence-electron chi connectivity index (χ2n) is 4.33. The first-order valence-electron chi connectivity index (χ1n) is 5.63. The van der Waals surface area contributed by atoms with Gasteiger partial charge in [0, 0.05) is 0 Å². The maximum Gasteiger partial charge on any atom is 0.178 e. The molecule has 1 aliphatic rings. The highest BCUT2D eigenvalue weighted by atomic mass is 79.9. The number of H-pyrrole nitrogens is 1. The Morgan fingerprint density at radius 1 is 1.33 bits per heavy atom. The van der Waals surface area contributed by atoms with Gasteiger partial charge in [-0.1, -0.05) is 6.07 Å². The average Bonchev–Trinajstić information content (AvgIpc) is 2.75. The molecule has 94 valence electrons. The number of nitrogens with one attached hydrogen (secondary N) is 1. The summed E-state index contributed by atoms with van der Waals surface area (Å²) in [4.78, 5) is 7.63. The number of benzene rings is 1. The van der Waals surface area contributed by atoms with Crippen LogP contribution >= 0.6 is 15.9 Å². The molecule has 6 heteroatoms. The first-order chi connectivity index (χ1) is 8.56. The van der Waals surface area contributed by atoms with Gasteiger partial charge >= 0.3 is 0 Å². The number of rotatable bonds is 1. The Morgan fingerprint density at radius 3 is 2.89 bits per heavy atom. The number of aryl methyl sites for hydroxylation is 1. The number of nitrogens with zero attached hydrogens (tertiary/aromatic N) is 1. The predicted molar refractivity (Wildman–Crippen MR) is 72.1 cm³/mol. The zero-order valence-corrected chi connectivity index (χ0v) is 11.9. The van der Waals surface area contributed by atoms with Crippen LogP contribution in [-0.4, -0.2) is 24.1 Å². The molecule has 0 radical (unpaired) electrons. The summed E-state index contributed by atoms with van der Waals surface area (Å²) >= 11 is 3.26. The van der Waals surface area contributed by atoms with E-state index in [9.17, 15) is 8.42 Å². The van der Waals surface area contributed by atoms with E-state index in [-0.39, 0.29) is 5.75 Å². The summed E-state index contributed by atoms with van der Waals surface area (Å²) < 4.78 is 24.5. The van der Waals surface area contributed by atoms with Crippen LogP contribution in [0.3, 0.4) is 0 Å². The van der Waals surface area contributed by atoms with Gasteiger partial charge in [-0.3, -0.25) is 0 Å². The Labute approximate surface area is 113 Å². The van der Waals surface area contributed by atoms with Crippen LogP contribution in [0.5, 0.6) is 0 Å². The van der Waals surface area contributed by atoms with E-state index in [0.29, 0.717) is 16.0 Å². The molecule has 0 fully saturated rings. The SMILES string of the molecule is O=S1(=O)CCCc2cc(-c3cnc(Br)[nH]3)ccc21. The molecule has 1 aromatic carbocycles. The van der Waals surface area contributed by atoms with Gasteiger partial charge in [0.05, 0.1) is 22.5 Å². The van der Waals surface area contributed by atoms with E-state index in [1.807, 2.05) is 12.1 Å². The second kappa shape index (κ2) is 4.20. The van der Waals surface area contributed by atoms with Crippen molar-refractivity contribution in [3.63, 3.8) is 0 Å². The van der Waals surface area contributed by atoms with Gasteiger partial charge in [-0.05, 0) is 52.0 Å². The van der Waals surface area contributed by atoms with Crippen molar-refractivity contribution in [1.29, 1.82) is 0 Å². The first-order valence-corrected chi connectivity index (χ1v) is 8.07. The van der Waals surface area contributed by atoms with Gasteiger partial charge in [-0.15, -0.1) is 0 Å². The van der Waals surface area contributed by atoms with E-state index in [4.69, 9.17) is 0 Å². The van der Waals surface area contributed by atoms with Gasteiger partial charge < -0.3 is 4.98 Å². The molecular formula is C12H11BrN2O2S. The van der Waals surface area contributed by atoms with Crippen molar-refractivity contribution in [2.75, 3.05) is 5.75 Å². The predicted octanol–water partition coefficient (Wildman–Crippen LogP) is 2.56. The number of aromatic nitrogens is 2. The van der Waals surface area contributed by atoms with E-state index in [1.165, 1.54) is 0 Å². The van der Waals surface area contributed by atoms with Crippen LogP contribution in [0.15, 0.2) is 34.0 Å². The molecule has 0 atom stereocenters. The molecule has 0 unspecified atom stereocenters. The average molecular weight is 327 g/mol. The Balaban J connectivity index is 2.12. The molecule has 1 aromatic heterocycles. The summed E-state index contributed by atoms with van der Waals surface area (Å²) in [5.41, 5.74) is 2.75. The lowest BCUT2D eigenvalue weighted by Gasteiger charge is -2.16. The molecule has 0 bridgehead atoms. The topological polar surface area (TPSA) is 62.8 Å². The molecule has 0 spiro atoms. The lowest BCUT2D eigenvalue weighted by Crippen LogP contribution is -2.15. The van der Waals surface area contributed by atoms with E-state index in [0.717, 1.165) is 23.2 Å². The Bertz CT molecular complexity index is 707. The van der Waals surface area contributed by atoms with Crippen molar-refractivity contribution in [3.05, 3.63) is 34.7 Å². The summed E-state index contributed by atoms with van der Waals surface area (Å²) in [5.74, 6) is 0.259. The quantitative estimate of drug-likeness (QED) is 0.876. The number of hydrogen-bond acceptors (Lipinski definition) is 3. The fourth-order valence-corrected chi connectivity index (χ4v) is 4.15. The Kier molecular flexibility index (Phi) is 2.79. The number of imidazole rings is 1. The minimum Gasteiger partial charge on any atom is -0.333 e. The third-order valence-electron chi connectivity index (χ3n) is 3.11. The largest absolute Gasteiger partial charge is 0.333 e. The maximum atomic E-state index is 11.9. The molecule has 1 aliphatic heterocycles. The van der Waals surface area contributed by atoms with E-state index < -0.39 is 9.84 Å². The molecule has 2 aromatic rings. The maximum absolute atomic E-state index is 11.9. The highest BCUT2D eigenvalue weighted by Gasteiger charge is 2.23. The summed E-state index contributed by atoms with van der Waals surface area (Å²) in [6.45, 7) is 0. The van der Waals surface area contributed by atoms with Gasteiger partial charge in [0.25, 0.3) is 0 Å². The van der Waals surface area contributed by atoms with Crippen molar-refractivity contribution in [2.45, 2.75) is 17.7 Å². The molecule has 1 N–H and O–H groups in total. The Hall–Kier alpha value is -1.14.